The number of hydrogen-bond donors (Lipinski definition) is 0. The molecule has 0 amide bonds. The van der Waals surface area contributed by atoms with E-state index >= 15 is 0 Å². The largest absolute Gasteiger partial charge is 0.347 e. The van der Waals surface area contributed by atoms with Gasteiger partial charge in [-0.05, 0) is 52.4 Å². The molecule has 0 saturated heterocycles. The van der Waals surface area contributed by atoms with E-state index in [2.05, 4.69) is 39.7 Å². The molecule has 0 N–H and O–H groups in total. The van der Waals surface area contributed by atoms with Gasteiger partial charge in [-0.3, -0.25) is 0 Å². The number of nitriles is 1. The van der Waals surface area contributed by atoms with Gasteiger partial charge in [0.1, 0.15) is 0 Å². The number of rotatable bonds is 3. The van der Waals surface area contributed by atoms with Crippen LogP contribution in [0.1, 0.15) is 11.1 Å². The lowest BCUT2D eigenvalue weighted by Crippen LogP contribution is -1.98. The Hall–Kier alpha value is -2.05. The third-order valence-corrected chi connectivity index (χ3v) is 3.86. The maximum Gasteiger partial charge on any atom is 0.0992 e. The molecule has 0 atom stereocenters. The number of nitrogens with zero attached hydrogens (tertiary/aromatic N) is 2. The van der Waals surface area contributed by atoms with Crippen molar-refractivity contribution in [2.45, 2.75) is 13.0 Å². The highest BCUT2D eigenvalue weighted by molar-refractivity contribution is 7.07. The normalized spacial score (nSPS) is 10.6. The molecule has 0 bridgehead atoms. The van der Waals surface area contributed by atoms with Gasteiger partial charge in [-0.15, -0.1) is 0 Å². The van der Waals surface area contributed by atoms with Crippen LogP contribution in [0.25, 0.3) is 10.9 Å². The van der Waals surface area contributed by atoms with Gasteiger partial charge < -0.3 is 4.57 Å². The topological polar surface area (TPSA) is 28.7 Å². The highest BCUT2D eigenvalue weighted by Gasteiger charge is 2.02. The van der Waals surface area contributed by atoms with Gasteiger partial charge >= 0.3 is 0 Å². The highest BCUT2D eigenvalue weighted by atomic mass is 32.1. The van der Waals surface area contributed by atoms with Crippen LogP contribution >= 0.6 is 11.3 Å². The molecule has 0 unspecified atom stereocenters. The number of hydrogen-bond acceptors (Lipinski definition) is 2. The Balaban J connectivity index is 1.90. The SMILES string of the molecule is N#Cc1ccc2ccn(CCc3ccsc3)c2c1. The van der Waals surface area contributed by atoms with E-state index in [1.54, 1.807) is 11.3 Å². The predicted octanol–water partition coefficient (Wildman–Crippen LogP) is 3.82. The molecule has 0 aliphatic heterocycles. The maximum atomic E-state index is 8.95. The Labute approximate surface area is 110 Å². The smallest absolute Gasteiger partial charge is 0.0992 e. The van der Waals surface area contributed by atoms with Crippen molar-refractivity contribution in [1.82, 2.24) is 4.57 Å². The minimum atomic E-state index is 0.720. The van der Waals surface area contributed by atoms with Crippen molar-refractivity contribution < 1.29 is 0 Å². The molecule has 1 aromatic carbocycles. The zero-order chi connectivity index (χ0) is 12.4. The number of fused-ring (bicyclic) bond motifs is 1. The third kappa shape index (κ3) is 2.03. The molecule has 0 spiro atoms. The predicted molar refractivity (Wildman–Crippen MR) is 74.7 cm³/mol. The minimum absolute atomic E-state index is 0.720. The monoisotopic (exact) mass is 252 g/mol. The third-order valence-electron chi connectivity index (χ3n) is 3.12. The minimum Gasteiger partial charge on any atom is -0.347 e. The molecule has 0 radical (unpaired) electrons. The average Bonchev–Trinajstić information content (AvgIpc) is 3.05. The first kappa shape index (κ1) is 11.1. The van der Waals surface area contributed by atoms with Crippen LogP contribution in [0.4, 0.5) is 0 Å². The second-order valence-corrected chi connectivity index (χ2v) is 5.06. The lowest BCUT2D eigenvalue weighted by atomic mass is 10.2. The lowest BCUT2D eigenvalue weighted by Gasteiger charge is -2.04. The van der Waals surface area contributed by atoms with Gasteiger partial charge in [-0.25, -0.2) is 0 Å². The fourth-order valence-corrected chi connectivity index (χ4v) is 2.84. The highest BCUT2D eigenvalue weighted by Crippen LogP contribution is 2.18. The average molecular weight is 252 g/mol. The summed E-state index contributed by atoms with van der Waals surface area (Å²) in [6.07, 6.45) is 3.13. The number of benzene rings is 1. The summed E-state index contributed by atoms with van der Waals surface area (Å²) in [6, 6.07) is 12.3. The molecule has 18 heavy (non-hydrogen) atoms. The van der Waals surface area contributed by atoms with Gasteiger partial charge in [0.15, 0.2) is 0 Å². The van der Waals surface area contributed by atoms with Gasteiger partial charge in [0.05, 0.1) is 11.6 Å². The van der Waals surface area contributed by atoms with E-state index in [0.717, 1.165) is 24.0 Å². The second-order valence-electron chi connectivity index (χ2n) is 4.28. The zero-order valence-electron chi connectivity index (χ0n) is 9.84. The zero-order valence-corrected chi connectivity index (χ0v) is 10.7. The maximum absolute atomic E-state index is 8.95. The summed E-state index contributed by atoms with van der Waals surface area (Å²) >= 11 is 1.73. The Kier molecular flexibility index (Phi) is 2.87. The molecular formula is C15H12N2S. The molecule has 2 heterocycles. The number of aromatic nitrogens is 1. The summed E-state index contributed by atoms with van der Waals surface area (Å²) < 4.78 is 2.22. The molecule has 3 aromatic rings. The molecule has 0 aliphatic rings. The number of aryl methyl sites for hydroxylation is 2. The van der Waals surface area contributed by atoms with E-state index in [0.29, 0.717) is 0 Å². The van der Waals surface area contributed by atoms with Crippen LogP contribution < -0.4 is 0 Å². The van der Waals surface area contributed by atoms with Crippen molar-refractivity contribution in [2.24, 2.45) is 0 Å². The summed E-state index contributed by atoms with van der Waals surface area (Å²) in [6.45, 7) is 0.953. The number of thiophene rings is 1. The summed E-state index contributed by atoms with van der Waals surface area (Å²) in [7, 11) is 0. The van der Waals surface area contributed by atoms with Crippen molar-refractivity contribution in [1.29, 1.82) is 5.26 Å². The first-order valence-corrected chi connectivity index (χ1v) is 6.81. The molecule has 3 rings (SSSR count). The van der Waals surface area contributed by atoms with Crippen molar-refractivity contribution in [3.8, 4) is 6.07 Å². The molecule has 2 aromatic heterocycles. The molecule has 3 heteroatoms. The molecule has 88 valence electrons. The molecular weight excluding hydrogens is 240 g/mol. The molecule has 0 saturated carbocycles. The van der Waals surface area contributed by atoms with Gasteiger partial charge in [-0.2, -0.15) is 16.6 Å². The standard InChI is InChI=1S/C15H12N2S/c16-10-13-1-2-14-4-7-17(15(14)9-13)6-3-12-5-8-18-11-12/h1-2,4-5,7-9,11H,3,6H2. The fourth-order valence-electron chi connectivity index (χ4n) is 2.13. The summed E-state index contributed by atoms with van der Waals surface area (Å²) in [4.78, 5) is 0. The van der Waals surface area contributed by atoms with Gasteiger partial charge in [0, 0.05) is 18.3 Å². The lowest BCUT2D eigenvalue weighted by molar-refractivity contribution is 0.724. The fraction of sp³-hybridized carbons (Fsp3) is 0.133. The van der Waals surface area contributed by atoms with Crippen LogP contribution in [0.3, 0.4) is 0 Å². The summed E-state index contributed by atoms with van der Waals surface area (Å²) in [5.41, 5.74) is 3.24. The van der Waals surface area contributed by atoms with Crippen LogP contribution in [0, 0.1) is 11.3 Å². The second kappa shape index (κ2) is 4.67. The first-order chi connectivity index (χ1) is 8.86. The van der Waals surface area contributed by atoms with Gasteiger partial charge in [-0.1, -0.05) is 6.07 Å². The Bertz CT molecular complexity index is 702. The van der Waals surface area contributed by atoms with Crippen molar-refractivity contribution >= 4 is 22.2 Å². The molecule has 2 nitrogen and oxygen atoms in total. The summed E-state index contributed by atoms with van der Waals surface area (Å²) in [5, 5.41) is 14.4. The first-order valence-electron chi connectivity index (χ1n) is 5.87. The van der Waals surface area contributed by atoms with Crippen LogP contribution in [-0.2, 0) is 13.0 Å². The Morgan fingerprint density at radius 1 is 1.22 bits per heavy atom. The van der Waals surface area contributed by atoms with Crippen molar-refractivity contribution in [3.63, 3.8) is 0 Å². The van der Waals surface area contributed by atoms with E-state index in [1.807, 2.05) is 18.2 Å². The van der Waals surface area contributed by atoms with E-state index in [1.165, 1.54) is 10.9 Å². The Morgan fingerprint density at radius 2 is 2.17 bits per heavy atom. The van der Waals surface area contributed by atoms with E-state index < -0.39 is 0 Å². The van der Waals surface area contributed by atoms with Gasteiger partial charge in [0.25, 0.3) is 0 Å². The molecule has 0 aliphatic carbocycles. The van der Waals surface area contributed by atoms with Gasteiger partial charge in [0.2, 0.25) is 0 Å². The Morgan fingerprint density at radius 3 is 2.94 bits per heavy atom. The van der Waals surface area contributed by atoms with Crippen molar-refractivity contribution in [3.05, 3.63) is 58.4 Å². The van der Waals surface area contributed by atoms with Crippen LogP contribution in [0.2, 0.25) is 0 Å². The van der Waals surface area contributed by atoms with Crippen LogP contribution in [0.5, 0.6) is 0 Å². The van der Waals surface area contributed by atoms with Crippen LogP contribution in [-0.4, -0.2) is 4.57 Å². The molecule has 0 fully saturated rings. The van der Waals surface area contributed by atoms with E-state index in [-0.39, 0.29) is 0 Å². The summed E-state index contributed by atoms with van der Waals surface area (Å²) in [5.74, 6) is 0. The van der Waals surface area contributed by atoms with Crippen molar-refractivity contribution in [2.75, 3.05) is 0 Å². The van der Waals surface area contributed by atoms with E-state index in [9.17, 15) is 0 Å². The quantitative estimate of drug-likeness (QED) is 0.696. The van der Waals surface area contributed by atoms with Crippen LogP contribution in [0.15, 0.2) is 47.3 Å². The van der Waals surface area contributed by atoms with E-state index in [4.69, 9.17) is 5.26 Å².